The van der Waals surface area contributed by atoms with Gasteiger partial charge in [-0.3, -0.25) is 9.59 Å². The quantitative estimate of drug-likeness (QED) is 0.253. The highest BCUT2D eigenvalue weighted by molar-refractivity contribution is 6.35. The van der Waals surface area contributed by atoms with E-state index >= 15 is 0 Å². The van der Waals surface area contributed by atoms with Crippen LogP contribution in [-0.2, 0) is 16.0 Å². The molecule has 202 valence electrons. The number of rotatable bonds is 8. The van der Waals surface area contributed by atoms with Crippen LogP contribution < -0.4 is 5.32 Å². The summed E-state index contributed by atoms with van der Waals surface area (Å²) in [6, 6.07) is 27.5. The van der Waals surface area contributed by atoms with Crippen molar-refractivity contribution in [2.24, 2.45) is 0 Å². The number of carboxylic acid groups (broad SMARTS) is 1. The summed E-state index contributed by atoms with van der Waals surface area (Å²) < 4.78 is 0. The maximum Gasteiger partial charge on any atom is 0.331 e. The number of carbonyl (C=O) groups is 3. The van der Waals surface area contributed by atoms with Gasteiger partial charge >= 0.3 is 5.97 Å². The molecule has 2 N–H and O–H groups in total. The van der Waals surface area contributed by atoms with Crippen LogP contribution in [0.4, 0.5) is 0 Å². The van der Waals surface area contributed by atoms with Gasteiger partial charge in [0.05, 0.1) is 12.0 Å². The Bertz CT molecular complexity index is 1550. The van der Waals surface area contributed by atoms with Gasteiger partial charge in [0.15, 0.2) is 6.04 Å². The first-order valence-corrected chi connectivity index (χ1v) is 13.6. The lowest BCUT2D eigenvalue weighted by molar-refractivity contribution is -0.144. The molecule has 0 spiro atoms. The molecule has 1 aliphatic heterocycles. The summed E-state index contributed by atoms with van der Waals surface area (Å²) in [6.07, 6.45) is 0.609. The lowest BCUT2D eigenvalue weighted by Gasteiger charge is -2.44. The number of fused-ring (bicyclic) bond motifs is 1. The number of carbonyl (C=O) groups excluding carboxylic acids is 2. The van der Waals surface area contributed by atoms with Crippen LogP contribution in [0.25, 0.3) is 0 Å². The van der Waals surface area contributed by atoms with Gasteiger partial charge in [-0.05, 0) is 46.9 Å². The summed E-state index contributed by atoms with van der Waals surface area (Å²) in [5.74, 6) is -3.00. The average Bonchev–Trinajstić information content (AvgIpc) is 2.95. The fraction of sp³-hybridized carbons (Fsp3) is 0.156. The van der Waals surface area contributed by atoms with E-state index in [9.17, 15) is 19.5 Å². The molecule has 0 saturated heterocycles. The van der Waals surface area contributed by atoms with Crippen LogP contribution in [0, 0.1) is 0 Å². The van der Waals surface area contributed by atoms with Gasteiger partial charge in [-0.2, -0.15) is 0 Å². The molecule has 4 aromatic carbocycles. The monoisotopic (exact) mass is 572 g/mol. The topological polar surface area (TPSA) is 86.7 Å². The number of hydrogen-bond donors (Lipinski definition) is 2. The molecule has 8 heteroatoms. The van der Waals surface area contributed by atoms with Crippen LogP contribution in [0.3, 0.4) is 0 Å². The predicted octanol–water partition coefficient (Wildman–Crippen LogP) is 6.46. The number of aliphatic carboxylic acids is 1. The van der Waals surface area contributed by atoms with E-state index in [1.165, 1.54) is 11.0 Å². The van der Waals surface area contributed by atoms with Crippen molar-refractivity contribution in [3.63, 3.8) is 0 Å². The summed E-state index contributed by atoms with van der Waals surface area (Å²) >= 11 is 12.9. The standard InChI is InChI=1S/C32H26Cl2N2O4/c33-22-15-16-25(26(34)19-22)29-27(30(37)35-18-17-20-9-3-1-4-10-20)23-13-7-8-14-24(23)31(38)36(29)28(32(39)40)21-11-5-2-6-12-21/h1-16,19,27-29H,17-18H2,(H,35,37)(H,39,40)/t27?,28-,29?/m0/s1. The van der Waals surface area contributed by atoms with Gasteiger partial charge in [0, 0.05) is 22.2 Å². The molecule has 3 atom stereocenters. The molecule has 0 saturated carbocycles. The number of benzene rings is 4. The van der Waals surface area contributed by atoms with Gasteiger partial charge in [0.25, 0.3) is 5.91 Å². The highest BCUT2D eigenvalue weighted by Crippen LogP contribution is 2.48. The highest BCUT2D eigenvalue weighted by atomic mass is 35.5. The summed E-state index contributed by atoms with van der Waals surface area (Å²) in [5.41, 5.74) is 2.68. The van der Waals surface area contributed by atoms with Crippen molar-refractivity contribution in [2.75, 3.05) is 6.54 Å². The van der Waals surface area contributed by atoms with Crippen molar-refractivity contribution >= 4 is 41.0 Å². The maximum absolute atomic E-state index is 14.1. The molecule has 0 bridgehead atoms. The molecule has 2 unspecified atom stereocenters. The van der Waals surface area contributed by atoms with E-state index in [0.717, 1.165) is 5.56 Å². The van der Waals surface area contributed by atoms with Gasteiger partial charge in [0.1, 0.15) is 0 Å². The predicted molar refractivity (Wildman–Crippen MR) is 155 cm³/mol. The fourth-order valence-electron chi connectivity index (χ4n) is 5.33. The van der Waals surface area contributed by atoms with Crippen LogP contribution in [0.1, 0.15) is 50.6 Å². The van der Waals surface area contributed by atoms with E-state index in [0.29, 0.717) is 34.7 Å². The summed E-state index contributed by atoms with van der Waals surface area (Å²) in [4.78, 5) is 42.3. The minimum Gasteiger partial charge on any atom is -0.479 e. The van der Waals surface area contributed by atoms with E-state index in [4.69, 9.17) is 23.2 Å². The van der Waals surface area contributed by atoms with Crippen molar-refractivity contribution in [1.29, 1.82) is 0 Å². The third kappa shape index (κ3) is 5.46. The summed E-state index contributed by atoms with van der Waals surface area (Å²) in [7, 11) is 0. The normalized spacial score (nSPS) is 17.1. The second kappa shape index (κ2) is 11.9. The average molecular weight is 573 g/mol. The Hall–Kier alpha value is -4.13. The minimum atomic E-state index is -1.38. The van der Waals surface area contributed by atoms with Crippen molar-refractivity contribution in [1.82, 2.24) is 10.2 Å². The van der Waals surface area contributed by atoms with E-state index in [1.54, 1.807) is 66.7 Å². The van der Waals surface area contributed by atoms with Crippen molar-refractivity contribution in [3.8, 4) is 0 Å². The number of halogens is 2. The van der Waals surface area contributed by atoms with Crippen LogP contribution in [0.5, 0.6) is 0 Å². The van der Waals surface area contributed by atoms with Crippen LogP contribution in [0.15, 0.2) is 103 Å². The molecule has 0 aromatic heterocycles. The molecule has 0 fully saturated rings. The van der Waals surface area contributed by atoms with Gasteiger partial charge in [-0.1, -0.05) is 108 Å². The Balaban J connectivity index is 1.65. The zero-order chi connectivity index (χ0) is 28.2. The zero-order valence-electron chi connectivity index (χ0n) is 21.3. The van der Waals surface area contributed by atoms with Gasteiger partial charge < -0.3 is 15.3 Å². The van der Waals surface area contributed by atoms with E-state index in [1.807, 2.05) is 30.3 Å². The number of amides is 2. The molecule has 0 aliphatic carbocycles. The smallest absolute Gasteiger partial charge is 0.331 e. The number of hydrogen-bond acceptors (Lipinski definition) is 3. The van der Waals surface area contributed by atoms with Crippen molar-refractivity contribution in [3.05, 3.63) is 141 Å². The first-order chi connectivity index (χ1) is 19.4. The van der Waals surface area contributed by atoms with E-state index in [-0.39, 0.29) is 16.5 Å². The lowest BCUT2D eigenvalue weighted by atomic mass is 9.77. The zero-order valence-corrected chi connectivity index (χ0v) is 22.8. The Morgan fingerprint density at radius 3 is 2.17 bits per heavy atom. The first-order valence-electron chi connectivity index (χ1n) is 12.8. The Morgan fingerprint density at radius 2 is 1.50 bits per heavy atom. The summed E-state index contributed by atoms with van der Waals surface area (Å²) in [5, 5.41) is 14.1. The molecule has 1 aliphatic rings. The number of nitrogens with one attached hydrogen (secondary N) is 1. The molecule has 4 aromatic rings. The molecule has 1 heterocycles. The molecule has 6 nitrogen and oxygen atoms in total. The highest BCUT2D eigenvalue weighted by Gasteiger charge is 2.49. The van der Waals surface area contributed by atoms with Gasteiger partial charge in [0.2, 0.25) is 5.91 Å². The fourth-order valence-corrected chi connectivity index (χ4v) is 5.85. The molecular formula is C32H26Cl2N2O4. The second-order valence-electron chi connectivity index (χ2n) is 9.57. The molecule has 2 amide bonds. The van der Waals surface area contributed by atoms with Gasteiger partial charge in [-0.25, -0.2) is 4.79 Å². The second-order valence-corrected chi connectivity index (χ2v) is 10.4. The lowest BCUT2D eigenvalue weighted by Crippen LogP contribution is -2.50. The molecule has 40 heavy (non-hydrogen) atoms. The van der Waals surface area contributed by atoms with E-state index in [2.05, 4.69) is 5.32 Å². The Kier molecular flexibility index (Phi) is 8.19. The van der Waals surface area contributed by atoms with Crippen molar-refractivity contribution < 1.29 is 19.5 Å². The summed E-state index contributed by atoms with van der Waals surface area (Å²) in [6.45, 7) is 0.359. The minimum absolute atomic E-state index is 0.231. The largest absolute Gasteiger partial charge is 0.479 e. The molecule has 5 rings (SSSR count). The van der Waals surface area contributed by atoms with Crippen LogP contribution >= 0.6 is 23.2 Å². The first kappa shape index (κ1) is 27.4. The van der Waals surface area contributed by atoms with Gasteiger partial charge in [-0.15, -0.1) is 0 Å². The van der Waals surface area contributed by atoms with Crippen LogP contribution in [-0.4, -0.2) is 34.3 Å². The van der Waals surface area contributed by atoms with Crippen molar-refractivity contribution in [2.45, 2.75) is 24.4 Å². The van der Waals surface area contributed by atoms with E-state index < -0.39 is 29.9 Å². The molecule has 0 radical (unpaired) electrons. The maximum atomic E-state index is 14.1. The third-order valence-corrected chi connectivity index (χ3v) is 7.69. The molecular weight excluding hydrogens is 547 g/mol. The SMILES string of the molecule is O=C(NCCc1ccccc1)C1c2ccccc2C(=O)N([C@H](C(=O)O)c2ccccc2)C1c1ccc(Cl)cc1Cl. The third-order valence-electron chi connectivity index (χ3n) is 7.12. The Morgan fingerprint density at radius 1 is 0.850 bits per heavy atom. The van der Waals surface area contributed by atoms with Crippen LogP contribution in [0.2, 0.25) is 10.0 Å². The number of nitrogens with zero attached hydrogens (tertiary/aromatic N) is 1. The Labute approximate surface area is 242 Å². The number of carboxylic acids is 1.